The van der Waals surface area contributed by atoms with Gasteiger partial charge in [-0.05, 0) is 135 Å². The molecular formula is C57H107NO13Si5. The summed E-state index contributed by atoms with van der Waals surface area (Å²) in [5, 5.41) is 12.0. The lowest BCUT2D eigenvalue weighted by atomic mass is 9.97. The van der Waals surface area contributed by atoms with Crippen molar-refractivity contribution in [1.82, 2.24) is 0 Å². The number of carbonyl (C=O) groups excluding carboxylic acids is 4. The van der Waals surface area contributed by atoms with Gasteiger partial charge in [0.2, 0.25) is 0 Å². The molecule has 438 valence electrons. The summed E-state index contributed by atoms with van der Waals surface area (Å²) in [5.41, 5.74) is 1.32. The van der Waals surface area contributed by atoms with E-state index < -0.39 is 66.0 Å². The summed E-state index contributed by atoms with van der Waals surface area (Å²) in [6.07, 6.45) is 1.41. The minimum absolute atomic E-state index is 0. The number of hydrogen-bond donors (Lipinski definition) is 1. The van der Waals surface area contributed by atoms with Gasteiger partial charge in [-0.3, -0.25) is 4.79 Å². The van der Waals surface area contributed by atoms with Gasteiger partial charge in [-0.15, -0.1) is 0 Å². The van der Waals surface area contributed by atoms with Gasteiger partial charge in [0.05, 0.1) is 24.3 Å². The van der Waals surface area contributed by atoms with Crippen LogP contribution in [0, 0.1) is 0 Å². The molecule has 14 nitrogen and oxygen atoms in total. The lowest BCUT2D eigenvalue weighted by molar-refractivity contribution is -0.146. The molecule has 0 radical (unpaired) electrons. The third-order valence-electron chi connectivity index (χ3n) is 9.89. The molecule has 0 aliphatic rings. The third kappa shape index (κ3) is 25.2. The van der Waals surface area contributed by atoms with E-state index in [-0.39, 0.29) is 121 Å². The van der Waals surface area contributed by atoms with Crippen molar-refractivity contribution in [3.63, 3.8) is 0 Å². The highest BCUT2D eigenvalue weighted by Gasteiger charge is 2.51. The van der Waals surface area contributed by atoms with E-state index in [4.69, 9.17) is 35.4 Å². The lowest BCUT2D eigenvalue weighted by Crippen LogP contribution is -2.61. The molecule has 0 saturated carbocycles. The average Bonchev–Trinajstić information content (AvgIpc) is 3.22. The summed E-state index contributed by atoms with van der Waals surface area (Å²) >= 11 is 0. The maximum absolute atomic E-state index is 13.8. The zero-order valence-electron chi connectivity index (χ0n) is 41.9. The molecule has 0 amide bonds. The van der Waals surface area contributed by atoms with Crippen LogP contribution in [0.25, 0.3) is 6.08 Å². The molecule has 3 aromatic carbocycles. The fraction of sp³-hybridized carbons (Fsp3) is 0.509. The first kappa shape index (κ1) is 85.2. The quantitative estimate of drug-likeness (QED) is 0.0153. The van der Waals surface area contributed by atoms with Gasteiger partial charge < -0.3 is 45.4 Å². The van der Waals surface area contributed by atoms with E-state index >= 15 is 0 Å². The van der Waals surface area contributed by atoms with Gasteiger partial charge >= 0.3 is 43.6 Å². The summed E-state index contributed by atoms with van der Waals surface area (Å²) in [7, 11) is -14.6. The van der Waals surface area contributed by atoms with Gasteiger partial charge in [-0.25, -0.2) is 14.4 Å². The highest BCUT2D eigenvalue weighted by Crippen LogP contribution is 2.33. The number of carbonyl (C=O) groups is 4. The highest BCUT2D eigenvalue weighted by molar-refractivity contribution is 6.94. The molecule has 1 N–H and O–H groups in total. The maximum atomic E-state index is 13.8. The average molecular weight is 1150 g/mol. The summed E-state index contributed by atoms with van der Waals surface area (Å²) < 4.78 is 49.9. The Labute approximate surface area is 469 Å². The number of nitrogens with zero attached hydrogens (tertiary/aromatic N) is 1. The molecule has 0 fully saturated rings. The first-order chi connectivity index (χ1) is 31.1. The molecule has 0 aliphatic heterocycles. The van der Waals surface area contributed by atoms with E-state index in [0.29, 0.717) is 21.7 Å². The van der Waals surface area contributed by atoms with Crippen molar-refractivity contribution in [3.8, 4) is 11.5 Å². The minimum Gasteiger partial charge on any atom is -0.507 e. The number of anilines is 1. The van der Waals surface area contributed by atoms with E-state index in [2.05, 4.69) is 37.7 Å². The molecular weight excluding hydrogens is 1050 g/mol. The zero-order valence-corrected chi connectivity index (χ0v) is 46.9. The number of aromatic hydroxyl groups is 1. The van der Waals surface area contributed by atoms with Gasteiger partial charge in [0.1, 0.15) is 30.3 Å². The Balaban J connectivity index is -0.00000106. The summed E-state index contributed by atoms with van der Waals surface area (Å²) in [6, 6.07) is 18.1. The van der Waals surface area contributed by atoms with Crippen molar-refractivity contribution >= 4 is 77.8 Å². The Morgan fingerprint density at radius 2 is 0.987 bits per heavy atom. The molecule has 0 heterocycles. The van der Waals surface area contributed by atoms with Crippen LogP contribution in [-0.2, 0) is 40.3 Å². The van der Waals surface area contributed by atoms with E-state index in [1.807, 2.05) is 59.7 Å². The van der Waals surface area contributed by atoms with Gasteiger partial charge in [0.25, 0.3) is 0 Å². The fourth-order valence-electron chi connectivity index (χ4n) is 7.07. The van der Waals surface area contributed by atoms with E-state index in [1.54, 1.807) is 68.4 Å². The second-order valence-electron chi connectivity index (χ2n) is 18.3. The van der Waals surface area contributed by atoms with Gasteiger partial charge in [-0.1, -0.05) is 110 Å². The summed E-state index contributed by atoms with van der Waals surface area (Å²) in [6.45, 7) is 37.5. The topological polar surface area (TPSA) is 166 Å². The van der Waals surface area contributed by atoms with Crippen LogP contribution in [-0.4, -0.2) is 111 Å². The second-order valence-corrected chi connectivity index (χ2v) is 38.0. The van der Waals surface area contributed by atoms with E-state index in [9.17, 15) is 24.3 Å². The molecule has 3 aromatic rings. The molecule has 0 aliphatic carbocycles. The van der Waals surface area contributed by atoms with Crippen molar-refractivity contribution in [3.05, 3.63) is 118 Å². The molecule has 76 heavy (non-hydrogen) atoms. The Hall–Kier alpha value is -4.72. The SMILES string of the molecule is C.C.C.C.C.C.C.C.C.C=C(COC(=O)c1ccccc1C(=O)c1ccc(N(CC)CC)cc1O)[Si](C)(O[Si](C)(C)C)O[Si](C)(C)O[Si](C)(O[Si](C)(C)C)C(=C)COc1ccc(C=C(C(=O)OCC)C(=O)OCC)cc1. The number of rotatable bonds is 26. The van der Waals surface area contributed by atoms with E-state index in [0.717, 1.165) is 18.8 Å². The Bertz CT molecular complexity index is 2270. The van der Waals surface area contributed by atoms with E-state index in [1.165, 1.54) is 18.2 Å². The zero-order chi connectivity index (χ0) is 50.5. The standard InChI is InChI=1S/C48H71NO13Si5.9CH4/c1-17-49(18-2)38-27-30-42(44(50)32-38)45(51)40-23-21-22-24-41(40)46(52)58-34-36(6)67(16,60-64(10,11)12)62-65(13,14)61-66(15,59-63(7,8)9)35(5)33-57-39-28-25-37(26-29-39)31-43(47(53)55-19-3)48(54)56-20-4;;;;;;;;;/h21-32,50H,5-6,17-20,33-34H2,1-4,7-16H3;9*1H4. The lowest BCUT2D eigenvalue weighted by Gasteiger charge is -2.44. The number of ketones is 1. The van der Waals surface area contributed by atoms with Crippen LogP contribution < -0.4 is 9.64 Å². The van der Waals surface area contributed by atoms with Crippen LogP contribution in [0.15, 0.2) is 95.9 Å². The monoisotopic (exact) mass is 1150 g/mol. The van der Waals surface area contributed by atoms with Crippen molar-refractivity contribution in [2.24, 2.45) is 0 Å². The minimum atomic E-state index is -3.44. The second kappa shape index (κ2) is 36.4. The Kier molecular flexibility index (Phi) is 40.8. The van der Waals surface area contributed by atoms with Gasteiger partial charge in [0.15, 0.2) is 22.4 Å². The van der Waals surface area contributed by atoms with Crippen molar-refractivity contribution in [2.45, 2.75) is 160 Å². The number of ether oxygens (including phenoxy) is 4. The van der Waals surface area contributed by atoms with Crippen molar-refractivity contribution in [1.29, 1.82) is 0 Å². The molecule has 2 atom stereocenters. The van der Waals surface area contributed by atoms with Crippen LogP contribution in [0.3, 0.4) is 0 Å². The molecule has 0 spiro atoms. The first-order valence-electron chi connectivity index (χ1n) is 22.5. The molecule has 2 unspecified atom stereocenters. The molecule has 0 saturated heterocycles. The summed E-state index contributed by atoms with van der Waals surface area (Å²) in [5.74, 6) is -2.49. The largest absolute Gasteiger partial charge is 0.507 e. The highest BCUT2D eigenvalue weighted by atomic mass is 28.5. The molecule has 19 heteroatoms. The summed E-state index contributed by atoms with van der Waals surface area (Å²) in [4.78, 5) is 54.6. The Morgan fingerprint density at radius 1 is 0.553 bits per heavy atom. The maximum Gasteiger partial charge on any atom is 0.348 e. The van der Waals surface area contributed by atoms with Crippen LogP contribution in [0.5, 0.6) is 11.5 Å². The van der Waals surface area contributed by atoms with Crippen LogP contribution >= 0.6 is 0 Å². The van der Waals surface area contributed by atoms with Gasteiger partial charge in [-0.2, -0.15) is 0 Å². The molecule has 0 aromatic heterocycles. The third-order valence-corrected chi connectivity index (χ3v) is 27.8. The number of phenols is 1. The van der Waals surface area contributed by atoms with Crippen LogP contribution in [0.4, 0.5) is 5.69 Å². The van der Waals surface area contributed by atoms with Gasteiger partial charge in [0, 0.05) is 40.8 Å². The van der Waals surface area contributed by atoms with Crippen LogP contribution in [0.2, 0.25) is 65.5 Å². The molecule has 3 rings (SSSR count). The normalized spacial score (nSPS) is 12.0. The van der Waals surface area contributed by atoms with Crippen molar-refractivity contribution in [2.75, 3.05) is 44.4 Å². The van der Waals surface area contributed by atoms with Crippen LogP contribution in [0.1, 0.15) is 126 Å². The van der Waals surface area contributed by atoms with Crippen molar-refractivity contribution < 1.29 is 59.7 Å². The Morgan fingerprint density at radius 3 is 1.39 bits per heavy atom. The predicted molar refractivity (Wildman–Crippen MR) is 336 cm³/mol. The number of hydrogen-bond acceptors (Lipinski definition) is 14. The number of phenolic OH excluding ortho intramolecular Hbond substituents is 1. The molecule has 0 bridgehead atoms. The fourth-order valence-corrected chi connectivity index (χ4v) is 28.5. The number of esters is 3. The number of benzene rings is 3. The predicted octanol–water partition coefficient (Wildman–Crippen LogP) is 15.7. The first-order valence-corrected chi connectivity index (χ1v) is 36.7. The smallest absolute Gasteiger partial charge is 0.348 e.